The number of methoxy groups -OCH3 is 2. The Morgan fingerprint density at radius 1 is 1.25 bits per heavy atom. The number of ether oxygens (including phenoxy) is 2. The molecule has 3 aliphatic carbocycles. The smallest absolute Gasteiger partial charge is 0.317 e. The van der Waals surface area contributed by atoms with Crippen LogP contribution in [-0.4, -0.2) is 26.0 Å². The largest absolute Gasteiger partial charge is 0.497 e. The van der Waals surface area contributed by atoms with E-state index in [4.69, 9.17) is 9.47 Å². The van der Waals surface area contributed by atoms with E-state index >= 15 is 0 Å². The Balaban J connectivity index is 1.84. The van der Waals surface area contributed by atoms with Gasteiger partial charge in [0, 0.05) is 11.8 Å². The van der Waals surface area contributed by atoms with Gasteiger partial charge in [-0.25, -0.2) is 0 Å². The fraction of sp³-hybridized carbons (Fsp3) is 0.400. The Morgan fingerprint density at radius 2 is 2.08 bits per heavy atom. The van der Waals surface area contributed by atoms with Crippen molar-refractivity contribution in [1.29, 1.82) is 0 Å². The van der Waals surface area contributed by atoms with Crippen LogP contribution < -0.4 is 4.74 Å². The number of hydrogen-bond donors (Lipinski definition) is 0. The Labute approximate surface area is 141 Å². The molecule has 0 spiro atoms. The van der Waals surface area contributed by atoms with Gasteiger partial charge in [0.25, 0.3) is 0 Å². The molecule has 0 bridgehead atoms. The third kappa shape index (κ3) is 1.86. The standard InChI is InChI=1S/C20H20O4/c1-23-13-4-5-14-12(11-13)3-7-16-15(14)6-8-17-18(21)9-10-20(16,17)19(22)24-2/h4-6,9-11,16-17H,3,7-8H2,1-2H3/t16-,17-,20+/m1/s1. The molecule has 0 aromatic heterocycles. The fourth-order valence-corrected chi connectivity index (χ4v) is 4.71. The molecule has 3 atom stereocenters. The van der Waals surface area contributed by atoms with Crippen molar-refractivity contribution in [2.75, 3.05) is 14.2 Å². The zero-order chi connectivity index (χ0) is 16.9. The molecule has 0 fully saturated rings. The lowest BCUT2D eigenvalue weighted by Gasteiger charge is -2.45. The summed E-state index contributed by atoms with van der Waals surface area (Å²) in [5, 5.41) is 0. The summed E-state index contributed by atoms with van der Waals surface area (Å²) in [5.41, 5.74) is 2.73. The maximum Gasteiger partial charge on any atom is 0.317 e. The molecule has 24 heavy (non-hydrogen) atoms. The van der Waals surface area contributed by atoms with E-state index in [1.165, 1.54) is 23.8 Å². The van der Waals surface area contributed by atoms with Crippen LogP contribution >= 0.6 is 0 Å². The summed E-state index contributed by atoms with van der Waals surface area (Å²) in [6.07, 6.45) is 7.79. The second-order valence-electron chi connectivity index (χ2n) is 6.72. The van der Waals surface area contributed by atoms with Crippen molar-refractivity contribution in [3.8, 4) is 5.75 Å². The van der Waals surface area contributed by atoms with Crippen LogP contribution in [0.4, 0.5) is 0 Å². The topological polar surface area (TPSA) is 52.6 Å². The molecular weight excluding hydrogens is 304 g/mol. The van der Waals surface area contributed by atoms with E-state index in [1.54, 1.807) is 19.3 Å². The number of fused-ring (bicyclic) bond motifs is 5. The molecule has 0 saturated carbocycles. The predicted molar refractivity (Wildman–Crippen MR) is 89.5 cm³/mol. The molecule has 1 aromatic carbocycles. The fourth-order valence-electron chi connectivity index (χ4n) is 4.71. The van der Waals surface area contributed by atoms with Crippen molar-refractivity contribution in [3.05, 3.63) is 47.6 Å². The highest BCUT2D eigenvalue weighted by atomic mass is 16.5. The van der Waals surface area contributed by atoms with E-state index < -0.39 is 5.41 Å². The summed E-state index contributed by atoms with van der Waals surface area (Å²) in [5.74, 6) is 0.268. The Hall–Kier alpha value is -2.36. The zero-order valence-electron chi connectivity index (χ0n) is 13.9. The average molecular weight is 324 g/mol. The SMILES string of the molecule is COC(=O)[C@]12C=CC(=O)[C@H]1CC=C1c3ccc(OC)cc3CC[C@H]12. The van der Waals surface area contributed by atoms with Crippen molar-refractivity contribution in [2.45, 2.75) is 19.3 Å². The van der Waals surface area contributed by atoms with E-state index in [0.29, 0.717) is 6.42 Å². The third-order valence-electron chi connectivity index (χ3n) is 5.83. The lowest BCUT2D eigenvalue weighted by molar-refractivity contribution is -0.157. The maximum absolute atomic E-state index is 12.7. The second kappa shape index (κ2) is 5.33. The number of carbonyl (C=O) groups excluding carboxylic acids is 2. The average Bonchev–Trinajstić information content (AvgIpc) is 2.98. The highest BCUT2D eigenvalue weighted by Gasteiger charge is 2.58. The number of esters is 1. The van der Waals surface area contributed by atoms with Crippen LogP contribution in [0.2, 0.25) is 0 Å². The van der Waals surface area contributed by atoms with Crippen molar-refractivity contribution in [1.82, 2.24) is 0 Å². The summed E-state index contributed by atoms with van der Waals surface area (Å²) in [6.45, 7) is 0. The molecule has 1 aromatic rings. The van der Waals surface area contributed by atoms with Gasteiger partial charge in [0.05, 0.1) is 14.2 Å². The summed E-state index contributed by atoms with van der Waals surface area (Å²) < 4.78 is 10.5. The molecular formula is C20H20O4. The molecule has 3 aliphatic rings. The molecule has 4 rings (SSSR count). The molecule has 4 heteroatoms. The number of allylic oxidation sites excluding steroid dienone is 3. The molecule has 4 nitrogen and oxygen atoms in total. The lowest BCUT2D eigenvalue weighted by Crippen LogP contribution is -2.47. The van der Waals surface area contributed by atoms with Crippen LogP contribution in [0.1, 0.15) is 24.0 Å². The first kappa shape index (κ1) is 15.2. The Kier molecular flexibility index (Phi) is 3.37. The minimum absolute atomic E-state index is 0.00713. The molecule has 0 aliphatic heterocycles. The second-order valence-corrected chi connectivity index (χ2v) is 6.72. The first-order valence-corrected chi connectivity index (χ1v) is 8.30. The van der Waals surface area contributed by atoms with Crippen LogP contribution in [0.25, 0.3) is 5.57 Å². The minimum atomic E-state index is -0.840. The first-order chi connectivity index (χ1) is 11.6. The molecule has 0 radical (unpaired) electrons. The zero-order valence-corrected chi connectivity index (χ0v) is 13.9. The van der Waals surface area contributed by atoms with Gasteiger partial charge < -0.3 is 9.47 Å². The number of carbonyl (C=O) groups is 2. The van der Waals surface area contributed by atoms with Crippen LogP contribution in [-0.2, 0) is 20.7 Å². The maximum atomic E-state index is 12.7. The summed E-state index contributed by atoms with van der Waals surface area (Å²) in [4.78, 5) is 25.0. The van der Waals surface area contributed by atoms with Crippen LogP contribution in [0.5, 0.6) is 5.75 Å². The molecule has 0 saturated heterocycles. The molecule has 0 amide bonds. The van der Waals surface area contributed by atoms with Gasteiger partial charge in [-0.1, -0.05) is 18.2 Å². The molecule has 0 heterocycles. The number of aryl methyl sites for hydroxylation is 1. The van der Waals surface area contributed by atoms with Gasteiger partial charge in [-0.15, -0.1) is 0 Å². The summed E-state index contributed by atoms with van der Waals surface area (Å²) >= 11 is 0. The summed E-state index contributed by atoms with van der Waals surface area (Å²) in [7, 11) is 3.07. The normalized spacial score (nSPS) is 30.1. The van der Waals surface area contributed by atoms with Gasteiger partial charge in [-0.2, -0.15) is 0 Å². The van der Waals surface area contributed by atoms with Crippen molar-refractivity contribution in [2.24, 2.45) is 17.3 Å². The molecule has 124 valence electrons. The van der Waals surface area contributed by atoms with Crippen LogP contribution in [0.15, 0.2) is 36.4 Å². The molecule has 0 unspecified atom stereocenters. The monoisotopic (exact) mass is 324 g/mol. The quantitative estimate of drug-likeness (QED) is 0.785. The van der Waals surface area contributed by atoms with E-state index in [1.807, 2.05) is 6.07 Å². The van der Waals surface area contributed by atoms with Crippen LogP contribution in [0, 0.1) is 17.3 Å². The van der Waals surface area contributed by atoms with E-state index in [-0.39, 0.29) is 23.6 Å². The number of benzene rings is 1. The highest BCUT2D eigenvalue weighted by Crippen LogP contribution is 2.57. The number of rotatable bonds is 2. The molecule has 0 N–H and O–H groups in total. The van der Waals surface area contributed by atoms with Gasteiger partial charge in [0.2, 0.25) is 0 Å². The first-order valence-electron chi connectivity index (χ1n) is 8.30. The van der Waals surface area contributed by atoms with Gasteiger partial charge in [0.1, 0.15) is 11.2 Å². The number of ketones is 1. The minimum Gasteiger partial charge on any atom is -0.497 e. The van der Waals surface area contributed by atoms with Gasteiger partial charge >= 0.3 is 5.97 Å². The number of hydrogen-bond acceptors (Lipinski definition) is 4. The Bertz CT molecular complexity index is 789. The van der Waals surface area contributed by atoms with Gasteiger partial charge in [-0.3, -0.25) is 9.59 Å². The van der Waals surface area contributed by atoms with E-state index in [9.17, 15) is 9.59 Å². The third-order valence-corrected chi connectivity index (χ3v) is 5.83. The highest BCUT2D eigenvalue weighted by molar-refractivity contribution is 6.03. The van der Waals surface area contributed by atoms with Crippen molar-refractivity contribution >= 4 is 17.3 Å². The lowest BCUT2D eigenvalue weighted by atomic mass is 9.57. The van der Waals surface area contributed by atoms with E-state index in [2.05, 4.69) is 18.2 Å². The van der Waals surface area contributed by atoms with Gasteiger partial charge in [0.15, 0.2) is 5.78 Å². The Morgan fingerprint density at radius 3 is 2.83 bits per heavy atom. The van der Waals surface area contributed by atoms with Crippen molar-refractivity contribution < 1.29 is 19.1 Å². The van der Waals surface area contributed by atoms with E-state index in [0.717, 1.165) is 18.6 Å². The van der Waals surface area contributed by atoms with Gasteiger partial charge in [-0.05, 0) is 54.2 Å². The summed E-state index contributed by atoms with van der Waals surface area (Å²) in [6, 6.07) is 6.09. The predicted octanol–water partition coefficient (Wildman–Crippen LogP) is 2.96. The van der Waals surface area contributed by atoms with Crippen LogP contribution in [0.3, 0.4) is 0 Å². The van der Waals surface area contributed by atoms with Crippen molar-refractivity contribution in [3.63, 3.8) is 0 Å².